The lowest BCUT2D eigenvalue weighted by Gasteiger charge is -2.60. The molecule has 0 aliphatic heterocycles. The highest BCUT2D eigenvalue weighted by Crippen LogP contribution is 2.67. The minimum absolute atomic E-state index is 0.0156. The first-order valence-corrected chi connectivity index (χ1v) is 12.0. The molecule has 0 heterocycles. The van der Waals surface area contributed by atoms with Crippen molar-refractivity contribution in [2.45, 2.75) is 78.2 Å². The first-order valence-electron chi connectivity index (χ1n) is 10.6. The summed E-state index contributed by atoms with van der Waals surface area (Å²) in [6.45, 7) is 6.18. The summed E-state index contributed by atoms with van der Waals surface area (Å²) < 4.78 is 36.1. The predicted octanol–water partition coefficient (Wildman–Crippen LogP) is 3.60. The Hall–Kier alpha value is -0.790. The highest BCUT2D eigenvalue weighted by Gasteiger charge is 2.62. The van der Waals surface area contributed by atoms with E-state index in [4.69, 9.17) is 8.74 Å². The van der Waals surface area contributed by atoms with Crippen molar-refractivity contribution >= 4 is 22.0 Å². The topological polar surface area (TPSA) is 97.7 Å². The van der Waals surface area contributed by atoms with Gasteiger partial charge in [-0.2, -0.15) is 8.42 Å². The molecule has 0 bridgehead atoms. The molecular formula is C21H32O6S. The molecule has 0 aromatic rings. The molecule has 6 nitrogen and oxygen atoms in total. The molecule has 0 amide bonds. The van der Waals surface area contributed by atoms with E-state index in [1.165, 1.54) is 0 Å². The number of Topliss-reactive ketones (excluding diaryl/α,β-unsaturated/α-hetero) is 2. The van der Waals surface area contributed by atoms with E-state index in [9.17, 15) is 18.0 Å². The maximum absolute atomic E-state index is 13.2. The molecule has 4 fully saturated rings. The summed E-state index contributed by atoms with van der Waals surface area (Å²) >= 11 is 0. The number of fused-ring (bicyclic) bond motifs is 5. The van der Waals surface area contributed by atoms with Gasteiger partial charge in [-0.1, -0.05) is 13.8 Å². The molecule has 4 aliphatic carbocycles. The summed E-state index contributed by atoms with van der Waals surface area (Å²) in [6, 6.07) is 0. The van der Waals surface area contributed by atoms with E-state index in [0.29, 0.717) is 37.0 Å². The monoisotopic (exact) mass is 412 g/mol. The summed E-state index contributed by atoms with van der Waals surface area (Å²) in [5.74, 6) is 1.61. The van der Waals surface area contributed by atoms with Gasteiger partial charge in [-0.15, -0.1) is 0 Å². The second-order valence-electron chi connectivity index (χ2n) is 10.3. The highest BCUT2D eigenvalue weighted by atomic mass is 32.3. The van der Waals surface area contributed by atoms with Gasteiger partial charge in [0.15, 0.2) is 0 Å². The van der Waals surface area contributed by atoms with Crippen LogP contribution in [0.4, 0.5) is 0 Å². The number of rotatable bonds is 3. The van der Waals surface area contributed by atoms with Crippen LogP contribution in [-0.2, 0) is 24.2 Å². The van der Waals surface area contributed by atoms with Gasteiger partial charge in [0.05, 0.1) is 6.10 Å². The fourth-order valence-corrected chi connectivity index (χ4v) is 8.45. The molecule has 4 aliphatic rings. The summed E-state index contributed by atoms with van der Waals surface area (Å²) in [5.41, 5.74) is -0.128. The SMILES string of the molecule is CC(=O)[C@H]1CC[C@H]2[C@@H]3CC(=O)C4C[C@@H](OS(=O)(=O)O)CC[C@]4(C)[C@H]3CC[C@]12C. The van der Waals surface area contributed by atoms with E-state index in [-0.39, 0.29) is 34.2 Å². The van der Waals surface area contributed by atoms with Crippen LogP contribution in [0.1, 0.15) is 72.1 Å². The predicted molar refractivity (Wildman–Crippen MR) is 103 cm³/mol. The van der Waals surface area contributed by atoms with Gasteiger partial charge in [0.1, 0.15) is 11.6 Å². The lowest BCUT2D eigenvalue weighted by molar-refractivity contribution is -0.159. The maximum Gasteiger partial charge on any atom is 0.397 e. The first-order chi connectivity index (χ1) is 13.0. The third-order valence-electron chi connectivity index (χ3n) is 9.16. The summed E-state index contributed by atoms with van der Waals surface area (Å²) in [6.07, 6.45) is 5.62. The van der Waals surface area contributed by atoms with Crippen molar-refractivity contribution in [2.24, 2.45) is 40.4 Å². The van der Waals surface area contributed by atoms with Crippen molar-refractivity contribution in [1.82, 2.24) is 0 Å². The van der Waals surface area contributed by atoms with Crippen LogP contribution in [0.3, 0.4) is 0 Å². The first kappa shape index (κ1) is 20.5. The maximum atomic E-state index is 13.2. The Labute approximate surface area is 167 Å². The van der Waals surface area contributed by atoms with Crippen LogP contribution >= 0.6 is 0 Å². The number of hydrogen-bond donors (Lipinski definition) is 1. The fraction of sp³-hybridized carbons (Fsp3) is 0.905. The van der Waals surface area contributed by atoms with Gasteiger partial charge in [0, 0.05) is 18.3 Å². The Morgan fingerprint density at radius 1 is 1.07 bits per heavy atom. The zero-order valence-electron chi connectivity index (χ0n) is 17.0. The molecule has 1 unspecified atom stereocenters. The Bertz CT molecular complexity index is 791. The third kappa shape index (κ3) is 3.08. The normalized spacial score (nSPS) is 48.5. The molecule has 0 aromatic carbocycles. The lowest BCUT2D eigenvalue weighted by Crippen LogP contribution is -2.57. The molecule has 0 aromatic heterocycles. The summed E-state index contributed by atoms with van der Waals surface area (Å²) in [7, 11) is -4.50. The summed E-state index contributed by atoms with van der Waals surface area (Å²) in [5, 5.41) is 0. The van der Waals surface area contributed by atoms with Crippen LogP contribution in [0.15, 0.2) is 0 Å². The van der Waals surface area contributed by atoms with E-state index in [1.807, 2.05) is 0 Å². The molecule has 7 heteroatoms. The quantitative estimate of drug-likeness (QED) is 0.711. The van der Waals surface area contributed by atoms with Gasteiger partial charge >= 0.3 is 10.4 Å². The second-order valence-corrected chi connectivity index (χ2v) is 11.4. The van der Waals surface area contributed by atoms with Gasteiger partial charge in [-0.3, -0.25) is 14.1 Å². The van der Waals surface area contributed by atoms with Gasteiger partial charge in [-0.25, -0.2) is 4.18 Å². The zero-order chi connectivity index (χ0) is 20.5. The van der Waals surface area contributed by atoms with Crippen molar-refractivity contribution in [2.75, 3.05) is 0 Å². The molecule has 4 rings (SSSR count). The molecule has 0 radical (unpaired) electrons. The smallest absolute Gasteiger partial charge is 0.300 e. The second kappa shape index (κ2) is 6.61. The Kier molecular flexibility index (Phi) is 4.83. The molecule has 8 atom stereocenters. The summed E-state index contributed by atoms with van der Waals surface area (Å²) in [4.78, 5) is 25.4. The van der Waals surface area contributed by atoms with E-state index in [0.717, 1.165) is 32.1 Å². The van der Waals surface area contributed by atoms with Crippen molar-refractivity contribution in [3.05, 3.63) is 0 Å². The van der Waals surface area contributed by atoms with Crippen molar-refractivity contribution in [3.8, 4) is 0 Å². The van der Waals surface area contributed by atoms with Gasteiger partial charge in [0.2, 0.25) is 0 Å². The van der Waals surface area contributed by atoms with E-state index >= 15 is 0 Å². The number of ketones is 2. The largest absolute Gasteiger partial charge is 0.397 e. The van der Waals surface area contributed by atoms with Gasteiger partial charge in [0.25, 0.3) is 0 Å². The number of hydrogen-bond acceptors (Lipinski definition) is 5. The van der Waals surface area contributed by atoms with Crippen LogP contribution in [0, 0.1) is 40.4 Å². The third-order valence-corrected chi connectivity index (χ3v) is 9.67. The standard InChI is InChI=1S/C21H32O6S/c1-12(22)15-4-5-16-14-11-19(23)18-10-13(27-28(24,25)26)6-8-21(18,3)17(14)7-9-20(15,16)2/h13-18H,4-11H2,1-3H3,(H,24,25,26)/t13-,14-,15+,16-,17-,18?,20+,21+/m0/s1. The number of carbonyl (C=O) groups excluding carboxylic acids is 2. The minimum atomic E-state index is -4.50. The van der Waals surface area contributed by atoms with Crippen LogP contribution in [0.2, 0.25) is 0 Å². The van der Waals surface area contributed by atoms with Gasteiger partial charge < -0.3 is 0 Å². The molecule has 0 spiro atoms. The fourth-order valence-electron chi connectivity index (χ4n) is 7.93. The molecule has 0 saturated heterocycles. The van der Waals surface area contributed by atoms with Crippen molar-refractivity contribution in [3.63, 3.8) is 0 Å². The zero-order valence-corrected chi connectivity index (χ0v) is 17.8. The van der Waals surface area contributed by atoms with E-state index < -0.39 is 16.5 Å². The average Bonchev–Trinajstić information content (AvgIpc) is 2.92. The van der Waals surface area contributed by atoms with E-state index in [2.05, 4.69) is 13.8 Å². The Balaban J connectivity index is 1.59. The highest BCUT2D eigenvalue weighted by molar-refractivity contribution is 7.80. The number of carbonyl (C=O) groups is 2. The Morgan fingerprint density at radius 2 is 1.71 bits per heavy atom. The molecule has 4 saturated carbocycles. The van der Waals surface area contributed by atoms with Crippen molar-refractivity contribution < 1.29 is 26.7 Å². The Morgan fingerprint density at radius 3 is 2.36 bits per heavy atom. The molecular weight excluding hydrogens is 380 g/mol. The van der Waals surface area contributed by atoms with Gasteiger partial charge in [-0.05, 0) is 80.5 Å². The lowest BCUT2D eigenvalue weighted by atomic mass is 9.44. The van der Waals surface area contributed by atoms with Crippen LogP contribution in [-0.4, -0.2) is 30.6 Å². The van der Waals surface area contributed by atoms with Crippen LogP contribution < -0.4 is 0 Å². The average molecular weight is 413 g/mol. The molecule has 158 valence electrons. The van der Waals surface area contributed by atoms with Crippen LogP contribution in [0.5, 0.6) is 0 Å². The van der Waals surface area contributed by atoms with E-state index in [1.54, 1.807) is 6.92 Å². The molecule has 28 heavy (non-hydrogen) atoms. The van der Waals surface area contributed by atoms with Crippen LogP contribution in [0.25, 0.3) is 0 Å². The van der Waals surface area contributed by atoms with Crippen molar-refractivity contribution in [1.29, 1.82) is 0 Å². The minimum Gasteiger partial charge on any atom is -0.300 e. The molecule has 1 N–H and O–H groups in total.